The molecule has 0 bridgehead atoms. The Labute approximate surface area is 168 Å². The third-order valence-electron chi connectivity index (χ3n) is 6.21. The molecule has 2 fully saturated rings. The average molecular weight is 383 g/mol. The second-order valence-electron chi connectivity index (χ2n) is 9.21. The van der Waals surface area contributed by atoms with E-state index in [0.29, 0.717) is 12.1 Å². The minimum atomic E-state index is 0.00126. The van der Waals surface area contributed by atoms with Crippen molar-refractivity contribution >= 4 is 16.9 Å². The van der Waals surface area contributed by atoms with Crippen molar-refractivity contribution in [3.05, 3.63) is 29.5 Å². The predicted octanol–water partition coefficient (Wildman–Crippen LogP) is 4.15. The van der Waals surface area contributed by atoms with Crippen molar-refractivity contribution < 1.29 is 4.74 Å². The molecule has 2 aliphatic rings. The van der Waals surface area contributed by atoms with Gasteiger partial charge in [-0.05, 0) is 71.4 Å². The van der Waals surface area contributed by atoms with Crippen LogP contribution >= 0.6 is 0 Å². The van der Waals surface area contributed by atoms with Gasteiger partial charge in [-0.1, -0.05) is 12.1 Å². The van der Waals surface area contributed by atoms with E-state index < -0.39 is 0 Å². The first-order valence-electron chi connectivity index (χ1n) is 10.8. The van der Waals surface area contributed by atoms with Crippen LogP contribution in [0.2, 0.25) is 0 Å². The Hall–Kier alpha value is -1.72. The van der Waals surface area contributed by atoms with E-state index >= 15 is 0 Å². The van der Waals surface area contributed by atoms with Crippen LogP contribution < -0.4 is 10.2 Å². The van der Waals surface area contributed by atoms with Crippen molar-refractivity contribution in [2.24, 2.45) is 0 Å². The van der Waals surface area contributed by atoms with Crippen LogP contribution in [0.3, 0.4) is 0 Å². The van der Waals surface area contributed by atoms with E-state index in [-0.39, 0.29) is 5.60 Å². The number of nitrogens with one attached hydrogen (secondary N) is 1. The van der Waals surface area contributed by atoms with Crippen LogP contribution in [0.4, 0.5) is 5.95 Å². The summed E-state index contributed by atoms with van der Waals surface area (Å²) in [7, 11) is 0. The van der Waals surface area contributed by atoms with Crippen LogP contribution in [0.15, 0.2) is 18.2 Å². The Bertz CT molecular complexity index is 835. The van der Waals surface area contributed by atoms with Gasteiger partial charge in [-0.15, -0.1) is 0 Å². The summed E-state index contributed by atoms with van der Waals surface area (Å²) < 4.78 is 5.87. The first-order chi connectivity index (χ1) is 13.4. The first kappa shape index (κ1) is 19.6. The van der Waals surface area contributed by atoms with Crippen molar-refractivity contribution in [3.8, 4) is 0 Å². The fourth-order valence-electron chi connectivity index (χ4n) is 4.69. The number of anilines is 1. The van der Waals surface area contributed by atoms with E-state index in [1.165, 1.54) is 18.4 Å². The molecule has 1 N–H and O–H groups in total. The molecule has 0 aliphatic carbocycles. The molecule has 152 valence electrons. The second-order valence-corrected chi connectivity index (χ2v) is 9.21. The summed E-state index contributed by atoms with van der Waals surface area (Å²) in [6.07, 6.45) is 5.76. The number of aryl methyl sites for hydroxylation is 2. The largest absolute Gasteiger partial charge is 0.375 e. The van der Waals surface area contributed by atoms with Gasteiger partial charge in [0.05, 0.1) is 16.8 Å². The van der Waals surface area contributed by atoms with Crippen molar-refractivity contribution in [1.29, 1.82) is 0 Å². The van der Waals surface area contributed by atoms with Gasteiger partial charge in [-0.25, -0.2) is 9.97 Å². The summed E-state index contributed by atoms with van der Waals surface area (Å²) in [5, 5.41) is 5.08. The van der Waals surface area contributed by atoms with Gasteiger partial charge >= 0.3 is 0 Å². The summed E-state index contributed by atoms with van der Waals surface area (Å²) in [5.74, 6) is 0.892. The molecule has 0 radical (unpaired) electrons. The molecule has 2 unspecified atom stereocenters. The molecule has 5 nitrogen and oxygen atoms in total. The van der Waals surface area contributed by atoms with Crippen LogP contribution in [-0.2, 0) is 4.74 Å². The molecule has 0 saturated carbocycles. The summed E-state index contributed by atoms with van der Waals surface area (Å²) in [6.45, 7) is 11.5. The number of nitrogens with zero attached hydrogens (tertiary/aromatic N) is 3. The van der Waals surface area contributed by atoms with E-state index in [9.17, 15) is 0 Å². The average Bonchev–Trinajstić information content (AvgIpc) is 2.86. The van der Waals surface area contributed by atoms with Crippen LogP contribution in [0.5, 0.6) is 0 Å². The SMILES string of the molecule is Cc1ccc2c(C)nc(N3CCCC(NC4CCOC(C)(C)C4)CC3)nc2c1. The minimum Gasteiger partial charge on any atom is -0.375 e. The molecule has 3 heterocycles. The fourth-order valence-corrected chi connectivity index (χ4v) is 4.69. The first-order valence-corrected chi connectivity index (χ1v) is 10.8. The number of hydrogen-bond donors (Lipinski definition) is 1. The molecule has 2 saturated heterocycles. The standard InChI is InChI=1S/C23H34N4O/c1-16-7-8-20-17(2)24-22(26-21(20)14-16)27-11-5-6-18(9-12-27)25-19-10-13-28-23(3,4)15-19/h7-8,14,18-19,25H,5-6,9-13,15H2,1-4H3. The highest BCUT2D eigenvalue weighted by molar-refractivity contribution is 5.82. The molecule has 0 amide bonds. The normalized spacial score (nSPS) is 25.6. The lowest BCUT2D eigenvalue weighted by atomic mass is 9.93. The van der Waals surface area contributed by atoms with E-state index in [4.69, 9.17) is 14.7 Å². The number of ether oxygens (including phenoxy) is 1. The van der Waals surface area contributed by atoms with Gasteiger partial charge in [0.25, 0.3) is 0 Å². The van der Waals surface area contributed by atoms with Crippen molar-refractivity contribution in [2.75, 3.05) is 24.6 Å². The Morgan fingerprint density at radius 3 is 2.75 bits per heavy atom. The molecular weight excluding hydrogens is 348 g/mol. The van der Waals surface area contributed by atoms with Gasteiger partial charge in [0.15, 0.2) is 0 Å². The molecular formula is C23H34N4O. The summed E-state index contributed by atoms with van der Waals surface area (Å²) in [4.78, 5) is 12.1. The smallest absolute Gasteiger partial charge is 0.226 e. The van der Waals surface area contributed by atoms with Gasteiger partial charge in [0.2, 0.25) is 5.95 Å². The highest BCUT2D eigenvalue weighted by Crippen LogP contribution is 2.26. The summed E-state index contributed by atoms with van der Waals surface area (Å²) >= 11 is 0. The molecule has 5 heteroatoms. The maximum atomic E-state index is 5.87. The zero-order valence-electron chi connectivity index (χ0n) is 17.8. The zero-order valence-corrected chi connectivity index (χ0v) is 17.8. The number of aromatic nitrogens is 2. The number of hydrogen-bond acceptors (Lipinski definition) is 5. The van der Waals surface area contributed by atoms with Gasteiger partial charge in [0.1, 0.15) is 0 Å². The Kier molecular flexibility index (Phi) is 5.57. The molecule has 1 aromatic carbocycles. The highest BCUT2D eigenvalue weighted by Gasteiger charge is 2.30. The van der Waals surface area contributed by atoms with Gasteiger partial charge in [-0.3, -0.25) is 0 Å². The van der Waals surface area contributed by atoms with Crippen LogP contribution in [0.1, 0.15) is 57.2 Å². The molecule has 28 heavy (non-hydrogen) atoms. The topological polar surface area (TPSA) is 50.3 Å². The maximum absolute atomic E-state index is 5.87. The summed E-state index contributed by atoms with van der Waals surface area (Å²) in [5.41, 5.74) is 3.38. The summed E-state index contributed by atoms with van der Waals surface area (Å²) in [6, 6.07) is 7.59. The lowest BCUT2D eigenvalue weighted by Crippen LogP contribution is -2.47. The van der Waals surface area contributed by atoms with Crippen molar-refractivity contribution in [2.45, 2.75) is 77.5 Å². The Balaban J connectivity index is 1.43. The van der Waals surface area contributed by atoms with E-state index in [2.05, 4.69) is 56.1 Å². The van der Waals surface area contributed by atoms with E-state index in [1.807, 2.05) is 0 Å². The Morgan fingerprint density at radius 1 is 1.07 bits per heavy atom. The zero-order chi connectivity index (χ0) is 19.7. The van der Waals surface area contributed by atoms with E-state index in [1.54, 1.807) is 0 Å². The van der Waals surface area contributed by atoms with Crippen molar-refractivity contribution in [1.82, 2.24) is 15.3 Å². The lowest BCUT2D eigenvalue weighted by molar-refractivity contribution is -0.0642. The highest BCUT2D eigenvalue weighted by atomic mass is 16.5. The molecule has 4 rings (SSSR count). The number of benzene rings is 1. The second kappa shape index (κ2) is 7.96. The molecule has 1 aromatic heterocycles. The Morgan fingerprint density at radius 2 is 1.93 bits per heavy atom. The fraction of sp³-hybridized carbons (Fsp3) is 0.652. The van der Waals surface area contributed by atoms with Crippen LogP contribution in [-0.4, -0.2) is 47.3 Å². The van der Waals surface area contributed by atoms with Gasteiger partial charge in [0, 0.05) is 37.2 Å². The van der Waals surface area contributed by atoms with Crippen LogP contribution in [0.25, 0.3) is 10.9 Å². The third-order valence-corrected chi connectivity index (χ3v) is 6.21. The minimum absolute atomic E-state index is 0.00126. The predicted molar refractivity (Wildman–Crippen MR) is 115 cm³/mol. The number of rotatable bonds is 3. The number of fused-ring (bicyclic) bond motifs is 1. The van der Waals surface area contributed by atoms with Gasteiger partial charge in [-0.2, -0.15) is 0 Å². The van der Waals surface area contributed by atoms with Crippen molar-refractivity contribution in [3.63, 3.8) is 0 Å². The molecule has 2 aromatic rings. The molecule has 2 aliphatic heterocycles. The quantitative estimate of drug-likeness (QED) is 0.864. The third kappa shape index (κ3) is 4.47. The van der Waals surface area contributed by atoms with Crippen LogP contribution in [0, 0.1) is 13.8 Å². The maximum Gasteiger partial charge on any atom is 0.226 e. The van der Waals surface area contributed by atoms with E-state index in [0.717, 1.165) is 61.5 Å². The molecule has 0 spiro atoms. The monoisotopic (exact) mass is 382 g/mol. The van der Waals surface area contributed by atoms with Gasteiger partial charge < -0.3 is 15.0 Å². The lowest BCUT2D eigenvalue weighted by Gasteiger charge is -2.37. The molecule has 2 atom stereocenters.